The zero-order valence-corrected chi connectivity index (χ0v) is 16.4. The summed E-state index contributed by atoms with van der Waals surface area (Å²) in [6.45, 7) is 4.86. The SMILES string of the molecule is CC(=O)NC1CCN(C[C@@]2(O)CCCN(C(=O)c3cccc(=O)[nH]3)CC2)CC1. The second-order valence-corrected chi connectivity index (χ2v) is 8.05. The van der Waals surface area contributed by atoms with Gasteiger partial charge >= 0.3 is 0 Å². The quantitative estimate of drug-likeness (QED) is 0.687. The maximum atomic E-state index is 12.7. The smallest absolute Gasteiger partial charge is 0.270 e. The molecule has 2 fully saturated rings. The molecule has 28 heavy (non-hydrogen) atoms. The van der Waals surface area contributed by atoms with Crippen molar-refractivity contribution in [3.8, 4) is 0 Å². The first-order valence-electron chi connectivity index (χ1n) is 10.1. The van der Waals surface area contributed by atoms with E-state index in [-0.39, 0.29) is 29.1 Å². The summed E-state index contributed by atoms with van der Waals surface area (Å²) in [6.07, 6.45) is 3.67. The lowest BCUT2D eigenvalue weighted by atomic mass is 9.93. The lowest BCUT2D eigenvalue weighted by Crippen LogP contribution is -2.50. The van der Waals surface area contributed by atoms with Crippen LogP contribution in [0, 0.1) is 0 Å². The van der Waals surface area contributed by atoms with Crippen molar-refractivity contribution in [2.24, 2.45) is 0 Å². The highest BCUT2D eigenvalue weighted by molar-refractivity contribution is 5.92. The number of aromatic nitrogens is 1. The van der Waals surface area contributed by atoms with Gasteiger partial charge in [-0.05, 0) is 38.2 Å². The third-order valence-corrected chi connectivity index (χ3v) is 5.72. The van der Waals surface area contributed by atoms with Crippen LogP contribution in [0.2, 0.25) is 0 Å². The number of H-pyrrole nitrogens is 1. The van der Waals surface area contributed by atoms with Crippen molar-refractivity contribution < 1.29 is 14.7 Å². The highest BCUT2D eigenvalue weighted by atomic mass is 16.3. The number of carbonyl (C=O) groups is 2. The van der Waals surface area contributed by atoms with E-state index in [0.717, 1.165) is 32.4 Å². The molecule has 0 saturated carbocycles. The summed E-state index contributed by atoms with van der Waals surface area (Å²) in [5.74, 6) is -0.191. The van der Waals surface area contributed by atoms with Gasteiger partial charge in [-0.15, -0.1) is 0 Å². The van der Waals surface area contributed by atoms with E-state index in [2.05, 4.69) is 15.2 Å². The number of hydrogen-bond acceptors (Lipinski definition) is 5. The van der Waals surface area contributed by atoms with Gasteiger partial charge in [0.05, 0.1) is 5.60 Å². The van der Waals surface area contributed by atoms with Crippen molar-refractivity contribution in [3.05, 3.63) is 34.2 Å². The second-order valence-electron chi connectivity index (χ2n) is 8.05. The zero-order chi connectivity index (χ0) is 20.1. The van der Waals surface area contributed by atoms with Gasteiger partial charge in [-0.1, -0.05) is 6.07 Å². The molecule has 8 heteroatoms. The molecule has 154 valence electrons. The van der Waals surface area contributed by atoms with Crippen molar-refractivity contribution >= 4 is 11.8 Å². The van der Waals surface area contributed by atoms with Gasteiger partial charge in [0, 0.05) is 51.8 Å². The van der Waals surface area contributed by atoms with E-state index in [1.165, 1.54) is 6.07 Å². The van der Waals surface area contributed by atoms with Crippen LogP contribution in [0.3, 0.4) is 0 Å². The molecule has 2 amide bonds. The number of nitrogens with zero attached hydrogens (tertiary/aromatic N) is 2. The monoisotopic (exact) mass is 390 g/mol. The van der Waals surface area contributed by atoms with E-state index in [1.807, 2.05) is 0 Å². The lowest BCUT2D eigenvalue weighted by molar-refractivity contribution is -0.120. The molecule has 2 aliphatic heterocycles. The Morgan fingerprint density at radius 3 is 2.64 bits per heavy atom. The van der Waals surface area contributed by atoms with Crippen molar-refractivity contribution in [2.75, 3.05) is 32.7 Å². The molecule has 1 aromatic rings. The molecule has 2 saturated heterocycles. The molecule has 1 atom stereocenters. The predicted octanol–water partition coefficient (Wildman–Crippen LogP) is 0.333. The molecule has 0 radical (unpaired) electrons. The second kappa shape index (κ2) is 8.87. The van der Waals surface area contributed by atoms with Gasteiger partial charge in [0.15, 0.2) is 0 Å². The number of hydrogen-bond donors (Lipinski definition) is 3. The summed E-state index contributed by atoms with van der Waals surface area (Å²) in [5.41, 5.74) is -0.821. The third kappa shape index (κ3) is 5.42. The minimum absolute atomic E-state index is 0.00497. The minimum atomic E-state index is -0.819. The van der Waals surface area contributed by atoms with Gasteiger partial charge in [0.2, 0.25) is 11.5 Å². The number of aliphatic hydroxyl groups is 1. The summed E-state index contributed by atoms with van der Waals surface area (Å²) < 4.78 is 0. The number of carbonyl (C=O) groups excluding carboxylic acids is 2. The molecule has 0 spiro atoms. The Balaban J connectivity index is 1.53. The number of nitrogens with one attached hydrogen (secondary N) is 2. The first-order chi connectivity index (χ1) is 13.3. The molecule has 8 nitrogen and oxygen atoms in total. The molecule has 0 unspecified atom stereocenters. The number of β-amino-alcohol motifs (C(OH)–C–C–N with tert-alkyl or cyclic N) is 1. The van der Waals surface area contributed by atoms with Gasteiger partial charge < -0.3 is 25.2 Å². The fourth-order valence-corrected chi connectivity index (χ4v) is 4.22. The minimum Gasteiger partial charge on any atom is -0.388 e. The summed E-state index contributed by atoms with van der Waals surface area (Å²) >= 11 is 0. The van der Waals surface area contributed by atoms with Crippen molar-refractivity contribution in [1.29, 1.82) is 0 Å². The average Bonchev–Trinajstić information content (AvgIpc) is 2.84. The third-order valence-electron chi connectivity index (χ3n) is 5.72. The summed E-state index contributed by atoms with van der Waals surface area (Å²) in [5, 5.41) is 14.1. The molecule has 2 aliphatic rings. The Hall–Kier alpha value is -2.19. The van der Waals surface area contributed by atoms with Crippen LogP contribution in [-0.4, -0.2) is 76.1 Å². The van der Waals surface area contributed by atoms with Gasteiger partial charge in [0.25, 0.3) is 5.91 Å². The molecule has 0 bridgehead atoms. The molecular formula is C20H30N4O4. The molecule has 3 heterocycles. The fourth-order valence-electron chi connectivity index (χ4n) is 4.22. The maximum Gasteiger partial charge on any atom is 0.270 e. The number of amides is 2. The van der Waals surface area contributed by atoms with Crippen molar-refractivity contribution in [2.45, 2.75) is 50.7 Å². The van der Waals surface area contributed by atoms with Gasteiger partial charge in [0.1, 0.15) is 5.69 Å². The van der Waals surface area contributed by atoms with Gasteiger partial charge in [-0.2, -0.15) is 0 Å². The summed E-state index contributed by atoms with van der Waals surface area (Å²) in [4.78, 5) is 41.9. The molecule has 1 aromatic heterocycles. The Morgan fingerprint density at radius 2 is 1.96 bits per heavy atom. The van der Waals surface area contributed by atoms with Crippen LogP contribution in [0.5, 0.6) is 0 Å². The van der Waals surface area contributed by atoms with E-state index in [0.29, 0.717) is 32.5 Å². The van der Waals surface area contributed by atoms with Crippen LogP contribution >= 0.6 is 0 Å². The number of likely N-dealkylation sites (tertiary alicyclic amines) is 2. The van der Waals surface area contributed by atoms with Crippen molar-refractivity contribution in [1.82, 2.24) is 20.1 Å². The molecule has 0 aromatic carbocycles. The van der Waals surface area contributed by atoms with E-state index in [9.17, 15) is 19.5 Å². The van der Waals surface area contributed by atoms with Crippen LogP contribution in [0.4, 0.5) is 0 Å². The van der Waals surface area contributed by atoms with Crippen LogP contribution in [-0.2, 0) is 4.79 Å². The number of pyridine rings is 1. The van der Waals surface area contributed by atoms with E-state index >= 15 is 0 Å². The summed E-state index contributed by atoms with van der Waals surface area (Å²) in [6, 6.07) is 4.79. The topological polar surface area (TPSA) is 106 Å². The van der Waals surface area contributed by atoms with E-state index in [4.69, 9.17) is 0 Å². The van der Waals surface area contributed by atoms with Gasteiger partial charge in [-0.3, -0.25) is 14.4 Å². The van der Waals surface area contributed by atoms with Crippen molar-refractivity contribution in [3.63, 3.8) is 0 Å². The van der Waals surface area contributed by atoms with Gasteiger partial charge in [-0.25, -0.2) is 0 Å². The normalized spacial score (nSPS) is 24.6. The number of rotatable bonds is 4. The summed E-state index contributed by atoms with van der Waals surface area (Å²) in [7, 11) is 0. The van der Waals surface area contributed by atoms with Crippen LogP contribution in [0.15, 0.2) is 23.0 Å². The Kier molecular flexibility index (Phi) is 6.51. The fraction of sp³-hybridized carbons (Fsp3) is 0.650. The molecule has 3 rings (SSSR count). The Bertz CT molecular complexity index is 757. The maximum absolute atomic E-state index is 12.7. The van der Waals surface area contributed by atoms with Crippen LogP contribution in [0.1, 0.15) is 49.5 Å². The lowest BCUT2D eigenvalue weighted by Gasteiger charge is -2.38. The number of aromatic amines is 1. The Labute approximate surface area is 164 Å². The highest BCUT2D eigenvalue weighted by Crippen LogP contribution is 2.25. The highest BCUT2D eigenvalue weighted by Gasteiger charge is 2.34. The zero-order valence-electron chi connectivity index (χ0n) is 16.4. The first-order valence-corrected chi connectivity index (χ1v) is 10.1. The molecule has 3 N–H and O–H groups in total. The first kappa shape index (κ1) is 20.5. The Morgan fingerprint density at radius 1 is 1.21 bits per heavy atom. The predicted molar refractivity (Wildman–Crippen MR) is 105 cm³/mol. The average molecular weight is 390 g/mol. The largest absolute Gasteiger partial charge is 0.388 e. The van der Waals surface area contributed by atoms with E-state index < -0.39 is 5.60 Å². The van der Waals surface area contributed by atoms with Crippen LogP contribution in [0.25, 0.3) is 0 Å². The number of piperidine rings is 1. The van der Waals surface area contributed by atoms with E-state index in [1.54, 1.807) is 24.0 Å². The standard InChI is InChI=1S/C20H30N4O4/c1-15(25)21-16-6-11-23(12-7-16)14-20(28)8-3-10-24(13-9-20)19(27)17-4-2-5-18(26)22-17/h2,4-5,16,28H,3,6-14H2,1H3,(H,21,25)(H,22,26)/t20-/m1/s1. The molecular weight excluding hydrogens is 360 g/mol. The molecule has 0 aliphatic carbocycles. The van der Waals surface area contributed by atoms with Crippen LogP contribution < -0.4 is 10.9 Å².